The second-order valence-corrected chi connectivity index (χ2v) is 5.19. The van der Waals surface area contributed by atoms with Crippen LogP contribution in [-0.2, 0) is 20.4 Å². The minimum Gasteiger partial charge on any atom is -1.00 e. The Hall–Kier alpha value is 0.0923. The standard InChI is InChI=1S/C10H14N.C4H9N.ClH.Pd/c1-9(11(2)3)10-7-5-4-6-8-10;1-4(2)3-5-4;;/h4-7,9H,1-3H3;5H,3H2,1-2H3;1H;/q-1;;;+2/p-1/t9-;;;/m0.../s1. The van der Waals surface area contributed by atoms with Gasteiger partial charge in [0.15, 0.2) is 0 Å². The minimum atomic E-state index is 0. The third kappa shape index (κ3) is 8.24. The van der Waals surface area contributed by atoms with Crippen molar-refractivity contribution in [3.63, 3.8) is 0 Å². The zero-order chi connectivity index (χ0) is 12.2. The van der Waals surface area contributed by atoms with Gasteiger partial charge in [-0.3, -0.25) is 0 Å². The first kappa shape index (κ1) is 20.4. The summed E-state index contributed by atoms with van der Waals surface area (Å²) in [4.78, 5) is 2.17. The number of nitrogens with one attached hydrogen (secondary N) is 1. The molecule has 1 aliphatic rings. The zero-order valence-corrected chi connectivity index (χ0v) is 14.0. The largest absolute Gasteiger partial charge is 2.00 e. The Balaban J connectivity index is 0. The van der Waals surface area contributed by atoms with E-state index in [2.05, 4.69) is 57.2 Å². The van der Waals surface area contributed by atoms with Gasteiger partial charge in [-0.25, -0.2) is 0 Å². The quantitative estimate of drug-likeness (QED) is 0.436. The Bertz CT molecular complexity index is 309. The van der Waals surface area contributed by atoms with Crippen molar-refractivity contribution in [2.24, 2.45) is 0 Å². The van der Waals surface area contributed by atoms with Crippen LogP contribution >= 0.6 is 0 Å². The molecule has 106 valence electrons. The van der Waals surface area contributed by atoms with E-state index in [0.29, 0.717) is 11.6 Å². The Labute approximate surface area is 132 Å². The van der Waals surface area contributed by atoms with Gasteiger partial charge in [-0.1, -0.05) is 0 Å². The van der Waals surface area contributed by atoms with Crippen LogP contribution in [0.1, 0.15) is 32.4 Å². The van der Waals surface area contributed by atoms with Crippen LogP contribution in [0.3, 0.4) is 0 Å². The number of rotatable bonds is 2. The van der Waals surface area contributed by atoms with Crippen LogP contribution in [0.15, 0.2) is 24.3 Å². The normalized spacial score (nSPS) is 16.6. The molecule has 1 saturated heterocycles. The molecule has 0 saturated carbocycles. The van der Waals surface area contributed by atoms with Gasteiger partial charge in [0.1, 0.15) is 0 Å². The Kier molecular flexibility index (Phi) is 10.3. The van der Waals surface area contributed by atoms with E-state index in [1.807, 2.05) is 18.2 Å². The van der Waals surface area contributed by atoms with Gasteiger partial charge in [-0.15, -0.1) is 5.56 Å². The fourth-order valence-corrected chi connectivity index (χ4v) is 1.12. The van der Waals surface area contributed by atoms with Gasteiger partial charge in [0, 0.05) is 18.1 Å². The van der Waals surface area contributed by atoms with Gasteiger partial charge in [0.05, 0.1) is 0 Å². The second kappa shape index (κ2) is 9.07. The van der Waals surface area contributed by atoms with Gasteiger partial charge >= 0.3 is 20.4 Å². The van der Waals surface area contributed by atoms with Crippen LogP contribution in [0.4, 0.5) is 0 Å². The maximum absolute atomic E-state index is 3.21. The number of benzene rings is 1. The molecule has 0 bridgehead atoms. The van der Waals surface area contributed by atoms with Crippen molar-refractivity contribution < 1.29 is 32.8 Å². The summed E-state index contributed by atoms with van der Waals surface area (Å²) in [5.74, 6) is 0. The first-order chi connectivity index (χ1) is 7.42. The van der Waals surface area contributed by atoms with Gasteiger partial charge in [0.2, 0.25) is 0 Å². The third-order valence-electron chi connectivity index (χ3n) is 2.84. The van der Waals surface area contributed by atoms with E-state index in [-0.39, 0.29) is 32.8 Å². The average molecular weight is 361 g/mol. The topological polar surface area (TPSA) is 25.2 Å². The summed E-state index contributed by atoms with van der Waals surface area (Å²) in [7, 11) is 4.15. The van der Waals surface area contributed by atoms with Crippen LogP contribution in [-0.4, -0.2) is 31.1 Å². The van der Waals surface area contributed by atoms with E-state index in [1.165, 1.54) is 12.1 Å². The van der Waals surface area contributed by atoms with Gasteiger partial charge in [-0.05, 0) is 34.9 Å². The van der Waals surface area contributed by atoms with Crippen molar-refractivity contribution in [2.75, 3.05) is 20.6 Å². The summed E-state index contributed by atoms with van der Waals surface area (Å²) in [6, 6.07) is 11.8. The van der Waals surface area contributed by atoms with Crippen LogP contribution in [0.25, 0.3) is 0 Å². The molecule has 1 aromatic rings. The fourth-order valence-electron chi connectivity index (χ4n) is 1.12. The minimum absolute atomic E-state index is 0. The summed E-state index contributed by atoms with van der Waals surface area (Å²) in [5.41, 5.74) is 1.75. The van der Waals surface area contributed by atoms with Crippen molar-refractivity contribution in [2.45, 2.75) is 32.4 Å². The molecule has 0 radical (unpaired) electrons. The first-order valence-electron chi connectivity index (χ1n) is 5.80. The molecular formula is C14H23ClN2Pd. The maximum atomic E-state index is 3.21. The predicted molar refractivity (Wildman–Crippen MR) is 69.5 cm³/mol. The summed E-state index contributed by atoms with van der Waals surface area (Å²) >= 11 is 0. The van der Waals surface area contributed by atoms with Crippen molar-refractivity contribution in [3.8, 4) is 0 Å². The van der Waals surface area contributed by atoms with E-state index in [1.54, 1.807) is 0 Å². The molecule has 1 aliphatic heterocycles. The molecule has 1 atom stereocenters. The van der Waals surface area contributed by atoms with Crippen LogP contribution in [0, 0.1) is 6.07 Å². The number of hydrogen-bond donors (Lipinski definition) is 1. The van der Waals surface area contributed by atoms with Crippen molar-refractivity contribution in [3.05, 3.63) is 35.9 Å². The molecule has 18 heavy (non-hydrogen) atoms. The molecule has 0 amide bonds. The van der Waals surface area contributed by atoms with Crippen molar-refractivity contribution >= 4 is 0 Å². The van der Waals surface area contributed by atoms with E-state index >= 15 is 0 Å². The molecule has 1 N–H and O–H groups in total. The van der Waals surface area contributed by atoms with E-state index in [9.17, 15) is 0 Å². The molecule has 0 unspecified atom stereocenters. The van der Waals surface area contributed by atoms with Crippen molar-refractivity contribution in [1.29, 1.82) is 0 Å². The van der Waals surface area contributed by atoms with Crippen LogP contribution in [0.5, 0.6) is 0 Å². The maximum Gasteiger partial charge on any atom is 2.00 e. The summed E-state index contributed by atoms with van der Waals surface area (Å²) in [6.45, 7) is 7.75. The fraction of sp³-hybridized carbons (Fsp3) is 0.571. The van der Waals surface area contributed by atoms with Gasteiger partial charge in [-0.2, -0.15) is 30.3 Å². The molecule has 1 heterocycles. The van der Waals surface area contributed by atoms with Crippen molar-refractivity contribution in [1.82, 2.24) is 10.2 Å². The SMILES string of the molecule is CC1(C)CN1.C[C@@H](c1[c-]cccc1)N(C)C.[Cl-].[Pd+2]. The van der Waals surface area contributed by atoms with Gasteiger partial charge < -0.3 is 22.6 Å². The molecule has 0 aliphatic carbocycles. The van der Waals surface area contributed by atoms with E-state index in [4.69, 9.17) is 0 Å². The molecule has 1 aromatic carbocycles. The predicted octanol–water partition coefficient (Wildman–Crippen LogP) is -0.521. The molecule has 1 fully saturated rings. The number of halogens is 1. The zero-order valence-electron chi connectivity index (χ0n) is 11.7. The summed E-state index contributed by atoms with van der Waals surface area (Å²) in [6.07, 6.45) is 0. The first-order valence-corrected chi connectivity index (χ1v) is 5.80. The van der Waals surface area contributed by atoms with E-state index < -0.39 is 0 Å². The molecule has 0 aromatic heterocycles. The molecular weight excluding hydrogens is 338 g/mol. The Morgan fingerprint density at radius 1 is 1.33 bits per heavy atom. The molecule has 0 spiro atoms. The summed E-state index contributed by atoms with van der Waals surface area (Å²) in [5, 5.41) is 3.17. The van der Waals surface area contributed by atoms with Gasteiger partial charge in [0.25, 0.3) is 0 Å². The van der Waals surface area contributed by atoms with Crippen LogP contribution < -0.4 is 17.7 Å². The third-order valence-corrected chi connectivity index (χ3v) is 2.84. The second-order valence-electron chi connectivity index (χ2n) is 5.19. The average Bonchev–Trinajstić information content (AvgIpc) is 2.95. The Morgan fingerprint density at radius 2 is 1.83 bits per heavy atom. The Morgan fingerprint density at radius 3 is 2.11 bits per heavy atom. The molecule has 2 nitrogen and oxygen atoms in total. The number of hydrogen-bond acceptors (Lipinski definition) is 2. The smallest absolute Gasteiger partial charge is 1.00 e. The number of nitrogens with zero attached hydrogens (tertiary/aromatic N) is 1. The summed E-state index contributed by atoms with van der Waals surface area (Å²) < 4.78 is 0. The molecule has 4 heteroatoms. The molecule has 2 rings (SSSR count). The monoisotopic (exact) mass is 360 g/mol. The van der Waals surface area contributed by atoms with E-state index in [0.717, 1.165) is 0 Å². The van der Waals surface area contributed by atoms with Crippen LogP contribution in [0.2, 0.25) is 0 Å².